The number of hydrogen-bond donors (Lipinski definition) is 2. The van der Waals surface area contributed by atoms with Gasteiger partial charge in [-0.3, -0.25) is 0 Å². The Balaban J connectivity index is 2.50. The minimum atomic E-state index is -0.440. The minimum Gasteiger partial charge on any atom is -0.385 e. The van der Waals surface area contributed by atoms with Crippen LogP contribution in [0.2, 0.25) is 0 Å². The first kappa shape index (κ1) is 13.6. The largest absolute Gasteiger partial charge is 0.385 e. The van der Waals surface area contributed by atoms with E-state index in [9.17, 15) is 4.39 Å². The smallest absolute Gasteiger partial charge is 0.224 e. The highest BCUT2D eigenvalue weighted by atomic mass is 19.1. The maximum absolute atomic E-state index is 13.4. The zero-order chi connectivity index (χ0) is 12.5. The molecule has 6 heteroatoms. The van der Waals surface area contributed by atoms with Gasteiger partial charge in [0.1, 0.15) is 0 Å². The van der Waals surface area contributed by atoms with E-state index in [2.05, 4.69) is 20.6 Å². The number of nitrogens with zero attached hydrogens (tertiary/aromatic N) is 2. The third kappa shape index (κ3) is 4.95. The van der Waals surface area contributed by atoms with Gasteiger partial charge in [0.25, 0.3) is 0 Å². The third-order valence-electron chi connectivity index (χ3n) is 2.09. The van der Waals surface area contributed by atoms with Crippen molar-refractivity contribution >= 4 is 11.8 Å². The maximum atomic E-state index is 13.4. The number of aromatic nitrogens is 2. The summed E-state index contributed by atoms with van der Waals surface area (Å²) in [5.74, 6) is 0.238. The molecule has 0 bridgehead atoms. The van der Waals surface area contributed by atoms with Gasteiger partial charge < -0.3 is 15.4 Å². The Morgan fingerprint density at radius 3 is 2.88 bits per heavy atom. The highest BCUT2D eigenvalue weighted by Gasteiger charge is 2.05. The van der Waals surface area contributed by atoms with Crippen LogP contribution in [0.4, 0.5) is 16.2 Å². The van der Waals surface area contributed by atoms with Crippen molar-refractivity contribution in [2.24, 2.45) is 0 Å². The van der Waals surface area contributed by atoms with E-state index in [-0.39, 0.29) is 5.82 Å². The van der Waals surface area contributed by atoms with Crippen molar-refractivity contribution in [3.63, 3.8) is 0 Å². The van der Waals surface area contributed by atoms with Crippen LogP contribution < -0.4 is 10.6 Å². The number of nitrogens with one attached hydrogen (secondary N) is 2. The molecule has 0 aliphatic carbocycles. The van der Waals surface area contributed by atoms with Gasteiger partial charge in [-0.15, -0.1) is 0 Å². The van der Waals surface area contributed by atoms with Crippen molar-refractivity contribution in [1.29, 1.82) is 0 Å². The van der Waals surface area contributed by atoms with Crippen molar-refractivity contribution in [3.8, 4) is 0 Å². The van der Waals surface area contributed by atoms with Crippen LogP contribution >= 0.6 is 0 Å². The Labute approximate surface area is 101 Å². The Bertz CT molecular complexity index is 335. The van der Waals surface area contributed by atoms with Gasteiger partial charge >= 0.3 is 0 Å². The normalized spacial score (nSPS) is 10.3. The first-order valence-electron chi connectivity index (χ1n) is 5.77. The molecule has 0 unspecified atom stereocenters. The fraction of sp³-hybridized carbons (Fsp3) is 0.636. The molecule has 0 saturated carbocycles. The highest BCUT2D eigenvalue weighted by Crippen LogP contribution is 2.11. The highest BCUT2D eigenvalue weighted by molar-refractivity contribution is 5.40. The molecule has 0 amide bonds. The summed E-state index contributed by atoms with van der Waals surface area (Å²) in [6.45, 7) is 4.07. The molecule has 5 nitrogen and oxygen atoms in total. The molecule has 1 aromatic heterocycles. The summed E-state index contributed by atoms with van der Waals surface area (Å²) in [4.78, 5) is 7.92. The zero-order valence-corrected chi connectivity index (χ0v) is 10.3. The average molecular weight is 242 g/mol. The number of hydrogen-bond acceptors (Lipinski definition) is 5. The summed E-state index contributed by atoms with van der Waals surface area (Å²) >= 11 is 0. The second-order valence-electron chi connectivity index (χ2n) is 3.59. The molecule has 96 valence electrons. The van der Waals surface area contributed by atoms with E-state index in [1.54, 1.807) is 7.11 Å². The van der Waals surface area contributed by atoms with Crippen LogP contribution in [0.5, 0.6) is 0 Å². The van der Waals surface area contributed by atoms with E-state index in [0.29, 0.717) is 19.1 Å². The van der Waals surface area contributed by atoms with Crippen LogP contribution in [0, 0.1) is 5.82 Å². The molecule has 0 aliphatic rings. The summed E-state index contributed by atoms with van der Waals surface area (Å²) in [7, 11) is 1.64. The second kappa shape index (κ2) is 7.78. The molecule has 0 fully saturated rings. The van der Waals surface area contributed by atoms with Crippen molar-refractivity contribution in [2.45, 2.75) is 19.8 Å². The quantitative estimate of drug-likeness (QED) is 0.682. The molecule has 0 atom stereocenters. The second-order valence-corrected chi connectivity index (χ2v) is 3.59. The number of halogens is 1. The van der Waals surface area contributed by atoms with Crippen LogP contribution in [0.1, 0.15) is 19.8 Å². The van der Waals surface area contributed by atoms with Crippen molar-refractivity contribution in [2.75, 3.05) is 37.4 Å². The summed E-state index contributed by atoms with van der Waals surface area (Å²) in [6, 6.07) is 0. The topological polar surface area (TPSA) is 59.1 Å². The van der Waals surface area contributed by atoms with E-state index in [4.69, 9.17) is 4.74 Å². The van der Waals surface area contributed by atoms with Gasteiger partial charge in [0.05, 0.1) is 6.20 Å². The molecular formula is C11H19FN4O. The predicted octanol–water partition coefficient (Wildman–Crippen LogP) is 1.89. The van der Waals surface area contributed by atoms with Crippen LogP contribution in [0.25, 0.3) is 0 Å². The molecule has 0 aliphatic heterocycles. The molecule has 2 N–H and O–H groups in total. The predicted molar refractivity (Wildman–Crippen MR) is 65.8 cm³/mol. The Kier molecular flexibility index (Phi) is 6.24. The fourth-order valence-corrected chi connectivity index (χ4v) is 1.24. The van der Waals surface area contributed by atoms with Gasteiger partial charge in [0, 0.05) is 26.8 Å². The van der Waals surface area contributed by atoms with Crippen molar-refractivity contribution < 1.29 is 9.13 Å². The summed E-state index contributed by atoms with van der Waals surface area (Å²) in [5, 5.41) is 5.93. The standard InChI is InChI=1S/C11H19FN4O/c1-3-5-14-11-15-8-9(12)10(16-11)13-6-4-7-17-2/h8H,3-7H2,1-2H3,(H2,13,14,15,16). The van der Waals surface area contributed by atoms with Crippen LogP contribution in [0.3, 0.4) is 0 Å². The Morgan fingerprint density at radius 2 is 2.18 bits per heavy atom. The lowest BCUT2D eigenvalue weighted by Crippen LogP contribution is -2.11. The molecule has 0 radical (unpaired) electrons. The minimum absolute atomic E-state index is 0.231. The van der Waals surface area contributed by atoms with E-state index < -0.39 is 5.82 Å². The summed E-state index contributed by atoms with van der Waals surface area (Å²) < 4.78 is 18.3. The number of anilines is 2. The lowest BCUT2D eigenvalue weighted by Gasteiger charge is -2.08. The van der Waals surface area contributed by atoms with E-state index in [1.807, 2.05) is 6.92 Å². The summed E-state index contributed by atoms with van der Waals surface area (Å²) in [5.41, 5.74) is 0. The average Bonchev–Trinajstić information content (AvgIpc) is 2.35. The number of ether oxygens (including phenoxy) is 1. The molecular weight excluding hydrogens is 223 g/mol. The molecule has 1 aromatic rings. The zero-order valence-electron chi connectivity index (χ0n) is 10.3. The first-order chi connectivity index (χ1) is 8.27. The van der Waals surface area contributed by atoms with Crippen molar-refractivity contribution in [1.82, 2.24) is 9.97 Å². The Morgan fingerprint density at radius 1 is 1.35 bits per heavy atom. The lowest BCUT2D eigenvalue weighted by atomic mass is 10.4. The molecule has 0 spiro atoms. The van der Waals surface area contributed by atoms with E-state index >= 15 is 0 Å². The van der Waals surface area contributed by atoms with Gasteiger partial charge in [-0.1, -0.05) is 6.92 Å². The maximum Gasteiger partial charge on any atom is 0.224 e. The molecule has 0 saturated heterocycles. The van der Waals surface area contributed by atoms with Crippen molar-refractivity contribution in [3.05, 3.63) is 12.0 Å². The molecule has 1 heterocycles. The number of rotatable bonds is 8. The molecule has 17 heavy (non-hydrogen) atoms. The van der Waals surface area contributed by atoms with Gasteiger partial charge in [-0.25, -0.2) is 9.37 Å². The van der Waals surface area contributed by atoms with Crippen LogP contribution in [-0.4, -0.2) is 36.8 Å². The van der Waals surface area contributed by atoms with Gasteiger partial charge in [-0.05, 0) is 12.8 Å². The summed E-state index contributed by atoms with van der Waals surface area (Å²) in [6.07, 6.45) is 2.94. The molecule has 0 aromatic carbocycles. The Hall–Kier alpha value is -1.43. The number of methoxy groups -OCH3 is 1. The van der Waals surface area contributed by atoms with E-state index in [0.717, 1.165) is 19.4 Å². The third-order valence-corrected chi connectivity index (χ3v) is 2.09. The van der Waals surface area contributed by atoms with Crippen LogP contribution in [0.15, 0.2) is 6.20 Å². The van der Waals surface area contributed by atoms with Crippen LogP contribution in [-0.2, 0) is 4.74 Å². The lowest BCUT2D eigenvalue weighted by molar-refractivity contribution is 0.197. The van der Waals surface area contributed by atoms with Gasteiger partial charge in [0.2, 0.25) is 5.95 Å². The first-order valence-corrected chi connectivity index (χ1v) is 5.77. The van der Waals surface area contributed by atoms with Gasteiger partial charge in [-0.2, -0.15) is 4.98 Å². The SMILES string of the molecule is CCCNc1ncc(F)c(NCCCOC)n1. The van der Waals surface area contributed by atoms with E-state index in [1.165, 1.54) is 6.20 Å². The fourth-order valence-electron chi connectivity index (χ4n) is 1.24. The monoisotopic (exact) mass is 242 g/mol. The van der Waals surface area contributed by atoms with Gasteiger partial charge in [0.15, 0.2) is 11.6 Å². The molecule has 1 rings (SSSR count).